The predicted molar refractivity (Wildman–Crippen MR) is 69.5 cm³/mol. The highest BCUT2D eigenvalue weighted by Crippen LogP contribution is 2.17. The average molecular weight is 298 g/mol. The molecular formula is C11H21F3N4O2. The Hall–Kier alpha value is -1.51. The van der Waals surface area contributed by atoms with Gasteiger partial charge < -0.3 is 20.7 Å². The van der Waals surface area contributed by atoms with Gasteiger partial charge in [0.15, 0.2) is 5.96 Å². The molecule has 0 rings (SSSR count). The van der Waals surface area contributed by atoms with E-state index in [-0.39, 0.29) is 25.0 Å². The fourth-order valence-corrected chi connectivity index (χ4v) is 1.16. The van der Waals surface area contributed by atoms with Gasteiger partial charge in [0.05, 0.1) is 13.0 Å². The summed E-state index contributed by atoms with van der Waals surface area (Å²) in [5.41, 5.74) is 0. The second-order valence-corrected chi connectivity index (χ2v) is 3.83. The van der Waals surface area contributed by atoms with Crippen LogP contribution in [0.3, 0.4) is 0 Å². The summed E-state index contributed by atoms with van der Waals surface area (Å²) in [6.45, 7) is 2.57. The van der Waals surface area contributed by atoms with Crippen molar-refractivity contribution in [3.05, 3.63) is 0 Å². The van der Waals surface area contributed by atoms with Crippen molar-refractivity contribution < 1.29 is 22.7 Å². The van der Waals surface area contributed by atoms with Gasteiger partial charge in [-0.3, -0.25) is 4.79 Å². The van der Waals surface area contributed by atoms with Crippen molar-refractivity contribution in [3.8, 4) is 0 Å². The zero-order chi connectivity index (χ0) is 15.4. The Bertz CT molecular complexity index is 309. The summed E-state index contributed by atoms with van der Waals surface area (Å²) < 4.78 is 40.8. The van der Waals surface area contributed by atoms with Gasteiger partial charge >= 0.3 is 6.18 Å². The lowest BCUT2D eigenvalue weighted by molar-refractivity contribution is -0.132. The zero-order valence-corrected chi connectivity index (χ0v) is 11.6. The average Bonchev–Trinajstić information content (AvgIpc) is 2.35. The van der Waals surface area contributed by atoms with Crippen LogP contribution in [0.15, 0.2) is 4.99 Å². The minimum absolute atomic E-state index is 0.162. The number of halogens is 3. The predicted octanol–water partition coefficient (Wildman–Crippen LogP) is 0.257. The number of carbonyl (C=O) groups excluding carboxylic acids is 1. The maximum absolute atomic E-state index is 12.0. The third-order valence-corrected chi connectivity index (χ3v) is 2.05. The molecule has 6 nitrogen and oxygen atoms in total. The Kier molecular flexibility index (Phi) is 9.52. The van der Waals surface area contributed by atoms with Gasteiger partial charge in [-0.15, -0.1) is 0 Å². The number of rotatable bonds is 8. The van der Waals surface area contributed by atoms with Crippen molar-refractivity contribution in [1.29, 1.82) is 0 Å². The first-order valence-corrected chi connectivity index (χ1v) is 6.23. The summed E-state index contributed by atoms with van der Waals surface area (Å²) in [5, 5.41) is 7.83. The quantitative estimate of drug-likeness (QED) is 0.341. The Morgan fingerprint density at radius 3 is 2.45 bits per heavy atom. The minimum atomic E-state index is -4.22. The molecule has 0 heterocycles. The number of methoxy groups -OCH3 is 1. The number of guanidine groups is 1. The number of amides is 1. The van der Waals surface area contributed by atoms with E-state index >= 15 is 0 Å². The highest BCUT2D eigenvalue weighted by atomic mass is 19.4. The van der Waals surface area contributed by atoms with Crippen LogP contribution in [-0.2, 0) is 9.53 Å². The number of carbonyl (C=O) groups is 1. The van der Waals surface area contributed by atoms with Gasteiger partial charge in [0, 0.05) is 26.7 Å². The SMILES string of the molecule is CCNC(=NCC(=O)NCCOC)NCCC(F)(F)F. The van der Waals surface area contributed by atoms with E-state index in [1.54, 1.807) is 6.92 Å². The molecule has 3 N–H and O–H groups in total. The molecule has 0 unspecified atom stereocenters. The molecule has 0 bridgehead atoms. The van der Waals surface area contributed by atoms with E-state index in [0.717, 1.165) is 0 Å². The molecule has 0 fully saturated rings. The summed E-state index contributed by atoms with van der Waals surface area (Å²) in [5.74, 6) is -0.145. The largest absolute Gasteiger partial charge is 0.390 e. The molecule has 0 aromatic carbocycles. The van der Waals surface area contributed by atoms with Crippen LogP contribution in [-0.4, -0.2) is 57.9 Å². The first-order chi connectivity index (χ1) is 9.39. The van der Waals surface area contributed by atoms with Gasteiger partial charge in [0.2, 0.25) is 5.91 Å². The number of ether oxygens (including phenoxy) is 1. The van der Waals surface area contributed by atoms with E-state index in [0.29, 0.717) is 19.7 Å². The fourth-order valence-electron chi connectivity index (χ4n) is 1.16. The van der Waals surface area contributed by atoms with Crippen LogP contribution >= 0.6 is 0 Å². The lowest BCUT2D eigenvalue weighted by Gasteiger charge is -2.12. The number of hydrogen-bond donors (Lipinski definition) is 3. The lowest BCUT2D eigenvalue weighted by Crippen LogP contribution is -2.40. The van der Waals surface area contributed by atoms with Crippen LogP contribution in [0.2, 0.25) is 0 Å². The molecule has 0 aliphatic rings. The standard InChI is InChI=1S/C11H21F3N4O2/c1-3-15-10(17-5-4-11(12,13)14)18-8-9(19)16-6-7-20-2/h3-8H2,1-2H3,(H,16,19)(H2,15,17,18). The van der Waals surface area contributed by atoms with E-state index in [4.69, 9.17) is 4.74 Å². The molecule has 0 aromatic rings. The topological polar surface area (TPSA) is 74.8 Å². The molecule has 0 aliphatic heterocycles. The van der Waals surface area contributed by atoms with Crippen molar-refractivity contribution >= 4 is 11.9 Å². The molecule has 0 aromatic heterocycles. The van der Waals surface area contributed by atoms with Gasteiger partial charge in [-0.2, -0.15) is 13.2 Å². The van der Waals surface area contributed by atoms with Crippen LogP contribution in [0, 0.1) is 0 Å². The molecule has 0 saturated carbocycles. The van der Waals surface area contributed by atoms with E-state index in [1.165, 1.54) is 7.11 Å². The summed E-state index contributed by atoms with van der Waals surface area (Å²) >= 11 is 0. The Morgan fingerprint density at radius 2 is 1.90 bits per heavy atom. The monoisotopic (exact) mass is 298 g/mol. The van der Waals surface area contributed by atoms with Crippen LogP contribution in [0.4, 0.5) is 13.2 Å². The summed E-state index contributed by atoms with van der Waals surface area (Å²) in [4.78, 5) is 15.2. The maximum Gasteiger partial charge on any atom is 0.390 e. The van der Waals surface area contributed by atoms with E-state index in [9.17, 15) is 18.0 Å². The highest BCUT2D eigenvalue weighted by molar-refractivity contribution is 5.84. The van der Waals surface area contributed by atoms with E-state index < -0.39 is 12.6 Å². The smallest absolute Gasteiger partial charge is 0.383 e. The fraction of sp³-hybridized carbons (Fsp3) is 0.818. The second kappa shape index (κ2) is 10.3. The van der Waals surface area contributed by atoms with Crippen molar-refractivity contribution in [2.45, 2.75) is 19.5 Å². The molecule has 0 saturated heterocycles. The van der Waals surface area contributed by atoms with Crippen LogP contribution in [0.1, 0.15) is 13.3 Å². The van der Waals surface area contributed by atoms with Gasteiger partial charge in [-0.1, -0.05) is 0 Å². The molecule has 1 amide bonds. The summed E-state index contributed by atoms with van der Waals surface area (Å²) in [7, 11) is 1.51. The van der Waals surface area contributed by atoms with Crippen LogP contribution in [0.5, 0.6) is 0 Å². The molecule has 0 aliphatic carbocycles. The number of aliphatic imine (C=N–C) groups is 1. The molecule has 118 valence electrons. The first kappa shape index (κ1) is 18.5. The van der Waals surface area contributed by atoms with Crippen LogP contribution < -0.4 is 16.0 Å². The first-order valence-electron chi connectivity index (χ1n) is 6.23. The van der Waals surface area contributed by atoms with Gasteiger partial charge in [0.25, 0.3) is 0 Å². The summed E-state index contributed by atoms with van der Waals surface area (Å²) in [6, 6.07) is 0. The molecular weight excluding hydrogens is 277 g/mol. The number of nitrogens with one attached hydrogen (secondary N) is 3. The van der Waals surface area contributed by atoms with Gasteiger partial charge in [-0.25, -0.2) is 4.99 Å². The summed E-state index contributed by atoms with van der Waals surface area (Å²) in [6.07, 6.45) is -5.18. The highest BCUT2D eigenvalue weighted by Gasteiger charge is 2.26. The minimum Gasteiger partial charge on any atom is -0.383 e. The van der Waals surface area contributed by atoms with E-state index in [2.05, 4.69) is 20.9 Å². The molecule has 0 spiro atoms. The Balaban J connectivity index is 4.09. The van der Waals surface area contributed by atoms with Crippen LogP contribution in [0.25, 0.3) is 0 Å². The third kappa shape index (κ3) is 11.6. The zero-order valence-electron chi connectivity index (χ0n) is 11.6. The van der Waals surface area contributed by atoms with Crippen molar-refractivity contribution in [3.63, 3.8) is 0 Å². The third-order valence-electron chi connectivity index (χ3n) is 2.05. The molecule has 0 atom stereocenters. The van der Waals surface area contributed by atoms with Crippen molar-refractivity contribution in [2.24, 2.45) is 4.99 Å². The Morgan fingerprint density at radius 1 is 1.20 bits per heavy atom. The van der Waals surface area contributed by atoms with E-state index in [1.807, 2.05) is 0 Å². The van der Waals surface area contributed by atoms with Gasteiger partial charge in [-0.05, 0) is 6.92 Å². The number of alkyl halides is 3. The molecule has 0 radical (unpaired) electrons. The number of nitrogens with zero attached hydrogens (tertiary/aromatic N) is 1. The van der Waals surface area contributed by atoms with Crippen molar-refractivity contribution in [1.82, 2.24) is 16.0 Å². The number of hydrogen-bond acceptors (Lipinski definition) is 3. The van der Waals surface area contributed by atoms with Crippen molar-refractivity contribution in [2.75, 3.05) is 39.9 Å². The molecule has 20 heavy (non-hydrogen) atoms. The Labute approximate surface area is 116 Å². The van der Waals surface area contributed by atoms with Gasteiger partial charge in [0.1, 0.15) is 6.54 Å². The lowest BCUT2D eigenvalue weighted by atomic mass is 10.4. The maximum atomic E-state index is 12.0. The normalized spacial score (nSPS) is 12.2. The second-order valence-electron chi connectivity index (χ2n) is 3.83. The molecule has 9 heteroatoms.